The summed E-state index contributed by atoms with van der Waals surface area (Å²) in [4.78, 5) is 24.3. The Morgan fingerprint density at radius 3 is 2.53 bits per heavy atom. The zero-order valence-corrected chi connectivity index (χ0v) is 18.4. The molecular weight excluding hydrogens is 449 g/mol. The fourth-order valence-electron chi connectivity index (χ4n) is 4.89. The molecule has 4 heterocycles. The van der Waals surface area contributed by atoms with Gasteiger partial charge in [-0.15, -0.1) is 0 Å². The van der Waals surface area contributed by atoms with Crippen molar-refractivity contribution in [2.75, 3.05) is 13.2 Å². The summed E-state index contributed by atoms with van der Waals surface area (Å²) < 4.78 is 43.7. The van der Waals surface area contributed by atoms with Crippen LogP contribution in [-0.4, -0.2) is 55.0 Å². The normalized spacial score (nSPS) is 22.1. The molecule has 8 nitrogen and oxygen atoms in total. The lowest BCUT2D eigenvalue weighted by molar-refractivity contribution is -0.138. The summed E-state index contributed by atoms with van der Waals surface area (Å²) in [6.07, 6.45) is 2.75. The third kappa shape index (κ3) is 4.34. The quantitative estimate of drug-likeness (QED) is 0.563. The second kappa shape index (κ2) is 8.69. The van der Waals surface area contributed by atoms with Gasteiger partial charge < -0.3 is 9.64 Å². The molecule has 1 aliphatic carbocycles. The van der Waals surface area contributed by atoms with Crippen molar-refractivity contribution in [3.63, 3.8) is 0 Å². The van der Waals surface area contributed by atoms with Gasteiger partial charge in [0.05, 0.1) is 35.8 Å². The Labute approximate surface area is 193 Å². The Kier molecular flexibility index (Phi) is 5.70. The van der Waals surface area contributed by atoms with Gasteiger partial charge in [0.15, 0.2) is 0 Å². The van der Waals surface area contributed by atoms with Crippen LogP contribution in [0.1, 0.15) is 40.7 Å². The molecular formula is C23H23F3N6O2. The Morgan fingerprint density at radius 2 is 1.88 bits per heavy atom. The molecule has 178 valence electrons. The highest BCUT2D eigenvalue weighted by Crippen LogP contribution is 2.40. The van der Waals surface area contributed by atoms with Crippen LogP contribution in [0.2, 0.25) is 0 Å². The number of aryl methyl sites for hydroxylation is 1. The lowest BCUT2D eigenvalue weighted by atomic mass is 9.72. The topological polar surface area (TPSA) is 86.0 Å². The molecule has 6 rings (SSSR count). The fraction of sp³-hybridized carbons (Fsp3) is 0.435. The van der Waals surface area contributed by atoms with Gasteiger partial charge in [-0.3, -0.25) is 4.79 Å². The number of alkyl halides is 3. The van der Waals surface area contributed by atoms with E-state index in [-0.39, 0.29) is 29.8 Å². The zero-order valence-electron chi connectivity index (χ0n) is 18.4. The van der Waals surface area contributed by atoms with Crippen molar-refractivity contribution in [1.82, 2.24) is 29.9 Å². The van der Waals surface area contributed by atoms with Crippen molar-refractivity contribution in [1.29, 1.82) is 0 Å². The molecule has 11 heteroatoms. The van der Waals surface area contributed by atoms with E-state index < -0.39 is 11.7 Å². The van der Waals surface area contributed by atoms with E-state index in [9.17, 15) is 18.0 Å². The van der Waals surface area contributed by atoms with Crippen LogP contribution >= 0.6 is 0 Å². The van der Waals surface area contributed by atoms with Crippen molar-refractivity contribution in [2.45, 2.75) is 38.4 Å². The number of ether oxygens (including phenoxy) is 1. The number of benzene rings is 1. The van der Waals surface area contributed by atoms with Crippen molar-refractivity contribution in [3.8, 4) is 11.7 Å². The van der Waals surface area contributed by atoms with Crippen LogP contribution in [0.3, 0.4) is 0 Å². The van der Waals surface area contributed by atoms with Gasteiger partial charge in [0.25, 0.3) is 5.91 Å². The molecule has 2 aliphatic heterocycles. The van der Waals surface area contributed by atoms with Crippen molar-refractivity contribution >= 4 is 5.91 Å². The summed E-state index contributed by atoms with van der Waals surface area (Å²) in [6, 6.07) is 5.64. The Hall–Kier alpha value is -3.50. The number of carbonyl (C=O) groups excluding carboxylic acids is 1. The number of hydrogen-bond acceptors (Lipinski definition) is 6. The largest absolute Gasteiger partial charge is 0.463 e. The fourth-order valence-corrected chi connectivity index (χ4v) is 4.89. The number of piperidine rings is 2. The maximum atomic E-state index is 13.6. The second-order valence-electron chi connectivity index (χ2n) is 8.85. The minimum absolute atomic E-state index is 0.0452. The molecule has 3 aliphatic rings. The van der Waals surface area contributed by atoms with E-state index in [4.69, 9.17) is 4.74 Å². The summed E-state index contributed by atoms with van der Waals surface area (Å²) in [6.45, 7) is 2.85. The summed E-state index contributed by atoms with van der Waals surface area (Å²) in [5.41, 5.74) is 1.27. The van der Waals surface area contributed by atoms with Crippen LogP contribution in [0.5, 0.6) is 6.01 Å². The first-order valence-corrected chi connectivity index (χ1v) is 11.1. The van der Waals surface area contributed by atoms with Gasteiger partial charge in [0.2, 0.25) is 0 Å². The number of halogens is 3. The standard InChI is InChI=1S/C23H23F3N6O2/c1-14-2-5-20(32-29-6-7-30-32)19(8-14)21(33)31-12-15-3-4-18(31)9-16(15)13-34-22-27-10-17(11-28-22)23(24,25)26/h2,5-8,10-11,15-16,18H,3-4,9,12-13H2,1H3. The van der Waals surface area contributed by atoms with Gasteiger partial charge >= 0.3 is 12.2 Å². The smallest absolute Gasteiger partial charge is 0.419 e. The molecule has 0 spiro atoms. The van der Waals surface area contributed by atoms with E-state index in [0.29, 0.717) is 24.4 Å². The highest BCUT2D eigenvalue weighted by molar-refractivity contribution is 5.98. The van der Waals surface area contributed by atoms with E-state index in [2.05, 4.69) is 20.2 Å². The maximum Gasteiger partial charge on any atom is 0.419 e. The first-order valence-electron chi connectivity index (χ1n) is 11.1. The predicted octanol–water partition coefficient (Wildman–Crippen LogP) is 3.70. The summed E-state index contributed by atoms with van der Waals surface area (Å²) in [5, 5.41) is 8.36. The van der Waals surface area contributed by atoms with Crippen LogP contribution in [-0.2, 0) is 6.18 Å². The third-order valence-corrected chi connectivity index (χ3v) is 6.64. The van der Waals surface area contributed by atoms with E-state index in [1.165, 1.54) is 4.80 Å². The number of fused-ring (bicyclic) bond motifs is 3. The number of hydrogen-bond donors (Lipinski definition) is 0. The number of aromatic nitrogens is 5. The van der Waals surface area contributed by atoms with E-state index in [0.717, 1.165) is 37.2 Å². The second-order valence-corrected chi connectivity index (χ2v) is 8.85. The molecule has 0 radical (unpaired) electrons. The van der Waals surface area contributed by atoms with Crippen LogP contribution in [0.25, 0.3) is 5.69 Å². The lowest BCUT2D eigenvalue weighted by Crippen LogP contribution is -2.55. The first kappa shape index (κ1) is 22.3. The average molecular weight is 472 g/mol. The van der Waals surface area contributed by atoms with E-state index in [1.807, 2.05) is 30.0 Å². The Morgan fingerprint density at radius 1 is 1.15 bits per heavy atom. The molecule has 3 atom stereocenters. The monoisotopic (exact) mass is 472 g/mol. The molecule has 1 amide bonds. The summed E-state index contributed by atoms with van der Waals surface area (Å²) >= 11 is 0. The van der Waals surface area contributed by atoms with Gasteiger partial charge in [-0.2, -0.15) is 28.2 Å². The highest BCUT2D eigenvalue weighted by atomic mass is 19.4. The lowest BCUT2D eigenvalue weighted by Gasteiger charge is -2.49. The summed E-state index contributed by atoms with van der Waals surface area (Å²) in [5.74, 6) is 0.370. The van der Waals surface area contributed by atoms with Crippen molar-refractivity contribution in [3.05, 3.63) is 59.7 Å². The first-order chi connectivity index (χ1) is 16.3. The number of amides is 1. The minimum atomic E-state index is -4.48. The van der Waals surface area contributed by atoms with Gasteiger partial charge in [0.1, 0.15) is 0 Å². The molecule has 3 fully saturated rings. The van der Waals surface area contributed by atoms with Gasteiger partial charge in [0, 0.05) is 25.0 Å². The zero-order chi connectivity index (χ0) is 23.9. The third-order valence-electron chi connectivity index (χ3n) is 6.64. The van der Waals surface area contributed by atoms with Crippen molar-refractivity contribution < 1.29 is 22.7 Å². The average Bonchev–Trinajstić information content (AvgIpc) is 3.37. The summed E-state index contributed by atoms with van der Waals surface area (Å²) in [7, 11) is 0. The predicted molar refractivity (Wildman–Crippen MR) is 114 cm³/mol. The number of nitrogens with zero attached hydrogens (tertiary/aromatic N) is 6. The van der Waals surface area contributed by atoms with Gasteiger partial charge in [-0.25, -0.2) is 9.97 Å². The maximum absolute atomic E-state index is 13.6. The van der Waals surface area contributed by atoms with E-state index in [1.54, 1.807) is 12.4 Å². The molecule has 1 saturated carbocycles. The highest BCUT2D eigenvalue weighted by Gasteiger charge is 2.43. The molecule has 2 bridgehead atoms. The van der Waals surface area contributed by atoms with Gasteiger partial charge in [-0.05, 0) is 50.2 Å². The number of rotatable bonds is 5. The molecule has 2 saturated heterocycles. The SMILES string of the molecule is Cc1ccc(-n2nccn2)c(C(=O)N2CC3CCC2CC3COc2ncc(C(F)(F)F)cn2)c1. The van der Waals surface area contributed by atoms with Crippen LogP contribution in [0.4, 0.5) is 13.2 Å². The minimum Gasteiger partial charge on any atom is -0.463 e. The molecule has 3 unspecified atom stereocenters. The molecule has 2 aromatic heterocycles. The van der Waals surface area contributed by atoms with Crippen LogP contribution in [0.15, 0.2) is 43.0 Å². The van der Waals surface area contributed by atoms with Crippen molar-refractivity contribution in [2.24, 2.45) is 11.8 Å². The molecule has 34 heavy (non-hydrogen) atoms. The Bertz CT molecular complexity index is 1170. The number of carbonyl (C=O) groups is 1. The Balaban J connectivity index is 1.26. The van der Waals surface area contributed by atoms with Gasteiger partial charge in [-0.1, -0.05) is 11.6 Å². The molecule has 0 N–H and O–H groups in total. The molecule has 3 aromatic rings. The van der Waals surface area contributed by atoms with Crippen LogP contribution in [0, 0.1) is 18.8 Å². The van der Waals surface area contributed by atoms with Crippen LogP contribution < -0.4 is 4.74 Å². The van der Waals surface area contributed by atoms with E-state index >= 15 is 0 Å². The molecule has 1 aromatic carbocycles.